The molecular formula is C16H20N3O5+. The average Bonchev–Trinajstić information content (AvgIpc) is 2.57. The normalized spacial score (nSPS) is 31.4. The van der Waals surface area contributed by atoms with Crippen LogP contribution in [-0.4, -0.2) is 40.8 Å². The standard InChI is InChI=1S/C16H19N3O5/c1-2-3-8-17-10-15(18(21)22)9-16(11-17,19(23)24)14(20)12-6-4-5-7-13(12)15/h4-7H,2-3,8-11H2,1H3/p+1/t15-,16+/m0/s1. The molecule has 0 amide bonds. The Balaban J connectivity index is 2.21. The van der Waals surface area contributed by atoms with E-state index in [0.717, 1.165) is 17.7 Å². The Morgan fingerprint density at radius 1 is 1.12 bits per heavy atom. The maximum atomic E-state index is 12.9. The lowest BCUT2D eigenvalue weighted by Gasteiger charge is -2.43. The number of nitrogens with zero attached hydrogens (tertiary/aromatic N) is 2. The van der Waals surface area contributed by atoms with Crippen LogP contribution in [0.15, 0.2) is 24.3 Å². The minimum absolute atomic E-state index is 0.0166. The summed E-state index contributed by atoms with van der Waals surface area (Å²) in [6.07, 6.45) is 1.35. The van der Waals surface area contributed by atoms with Gasteiger partial charge in [-0.2, -0.15) is 0 Å². The Bertz CT molecular complexity index is 721. The minimum atomic E-state index is -1.90. The first-order chi connectivity index (χ1) is 11.4. The fourth-order valence-electron chi connectivity index (χ4n) is 4.23. The Labute approximate surface area is 138 Å². The van der Waals surface area contributed by atoms with E-state index in [1.54, 1.807) is 18.2 Å². The van der Waals surface area contributed by atoms with E-state index in [-0.39, 0.29) is 25.1 Å². The lowest BCUT2D eigenvalue weighted by Crippen LogP contribution is -3.18. The lowest BCUT2D eigenvalue weighted by atomic mass is 9.64. The van der Waals surface area contributed by atoms with Gasteiger partial charge in [-0.05, 0) is 6.42 Å². The number of ketones is 1. The maximum absolute atomic E-state index is 12.9. The van der Waals surface area contributed by atoms with Gasteiger partial charge in [0.15, 0.2) is 13.1 Å². The van der Waals surface area contributed by atoms with Gasteiger partial charge in [0.05, 0.1) is 6.54 Å². The Kier molecular flexibility index (Phi) is 3.87. The molecular weight excluding hydrogens is 314 g/mol. The number of rotatable bonds is 5. The zero-order valence-corrected chi connectivity index (χ0v) is 13.5. The summed E-state index contributed by atoms with van der Waals surface area (Å²) in [7, 11) is 0. The summed E-state index contributed by atoms with van der Waals surface area (Å²) < 4.78 is 0. The molecule has 1 N–H and O–H groups in total. The quantitative estimate of drug-likeness (QED) is 0.622. The van der Waals surface area contributed by atoms with Gasteiger partial charge in [0.25, 0.3) is 0 Å². The number of unbranched alkanes of at least 4 members (excludes halogenated alkanes) is 1. The number of hydrogen-bond donors (Lipinski definition) is 1. The molecule has 2 aliphatic rings. The van der Waals surface area contributed by atoms with Crippen molar-refractivity contribution in [2.75, 3.05) is 19.6 Å². The number of likely N-dealkylation sites (tertiary alicyclic amines) is 1. The fraction of sp³-hybridized carbons (Fsp3) is 0.562. The third kappa shape index (κ3) is 2.13. The van der Waals surface area contributed by atoms with Gasteiger partial charge in [-0.25, -0.2) is 0 Å². The van der Waals surface area contributed by atoms with E-state index >= 15 is 0 Å². The molecule has 1 aromatic rings. The van der Waals surface area contributed by atoms with Gasteiger partial charge in [-0.3, -0.25) is 25.0 Å². The summed E-state index contributed by atoms with van der Waals surface area (Å²) in [5.41, 5.74) is -3.01. The highest BCUT2D eigenvalue weighted by Crippen LogP contribution is 2.44. The number of quaternary nitrogens is 1. The molecule has 8 nitrogen and oxygen atoms in total. The minimum Gasteiger partial charge on any atom is -0.322 e. The number of carbonyl (C=O) groups is 1. The van der Waals surface area contributed by atoms with Crippen LogP contribution < -0.4 is 4.90 Å². The molecule has 0 aromatic heterocycles. The Hall–Kier alpha value is -2.35. The van der Waals surface area contributed by atoms with Gasteiger partial charge in [-0.15, -0.1) is 0 Å². The number of Topliss-reactive ketones (excluding diaryl/α,β-unsaturated/α-hetero) is 1. The highest BCUT2D eigenvalue weighted by atomic mass is 16.6. The van der Waals surface area contributed by atoms with Crippen molar-refractivity contribution in [1.29, 1.82) is 0 Å². The maximum Gasteiger partial charge on any atom is 0.338 e. The van der Waals surface area contributed by atoms with Gasteiger partial charge in [0.1, 0.15) is 6.42 Å². The van der Waals surface area contributed by atoms with Crippen molar-refractivity contribution in [1.82, 2.24) is 0 Å². The lowest BCUT2D eigenvalue weighted by molar-refractivity contribution is -0.944. The van der Waals surface area contributed by atoms with Crippen molar-refractivity contribution in [3.63, 3.8) is 0 Å². The van der Waals surface area contributed by atoms with Gasteiger partial charge in [-0.1, -0.05) is 37.6 Å². The molecule has 1 aliphatic heterocycles. The first-order valence-corrected chi connectivity index (χ1v) is 8.14. The van der Waals surface area contributed by atoms with Crippen LogP contribution in [0.25, 0.3) is 0 Å². The van der Waals surface area contributed by atoms with Crippen LogP contribution in [0.5, 0.6) is 0 Å². The predicted octanol–water partition coefficient (Wildman–Crippen LogP) is 0.459. The van der Waals surface area contributed by atoms with Crippen LogP contribution in [0.1, 0.15) is 42.1 Å². The zero-order chi connectivity index (χ0) is 17.5. The number of carbonyl (C=O) groups excluding carboxylic acids is 1. The molecule has 1 unspecified atom stereocenters. The van der Waals surface area contributed by atoms with Gasteiger partial charge < -0.3 is 4.90 Å². The van der Waals surface area contributed by atoms with E-state index in [4.69, 9.17) is 0 Å². The molecule has 1 aliphatic carbocycles. The van der Waals surface area contributed by atoms with Crippen molar-refractivity contribution in [2.24, 2.45) is 0 Å². The van der Waals surface area contributed by atoms with Crippen molar-refractivity contribution in [2.45, 2.75) is 37.3 Å². The smallest absolute Gasteiger partial charge is 0.322 e. The van der Waals surface area contributed by atoms with E-state index in [1.807, 2.05) is 6.92 Å². The van der Waals surface area contributed by atoms with E-state index < -0.39 is 26.7 Å². The molecule has 1 fully saturated rings. The monoisotopic (exact) mass is 334 g/mol. The Morgan fingerprint density at radius 2 is 1.75 bits per heavy atom. The first kappa shape index (κ1) is 16.5. The summed E-state index contributed by atoms with van der Waals surface area (Å²) in [4.78, 5) is 36.5. The molecule has 8 heteroatoms. The second-order valence-corrected chi connectivity index (χ2v) is 6.84. The van der Waals surface area contributed by atoms with Crippen molar-refractivity contribution >= 4 is 5.78 Å². The van der Waals surface area contributed by atoms with Gasteiger partial charge >= 0.3 is 11.1 Å². The van der Waals surface area contributed by atoms with E-state index in [2.05, 4.69) is 0 Å². The van der Waals surface area contributed by atoms with Crippen LogP contribution >= 0.6 is 0 Å². The summed E-state index contributed by atoms with van der Waals surface area (Å²) >= 11 is 0. The molecule has 3 rings (SSSR count). The van der Waals surface area contributed by atoms with Gasteiger partial charge in [0, 0.05) is 21.0 Å². The third-order valence-corrected chi connectivity index (χ3v) is 5.35. The van der Waals surface area contributed by atoms with Crippen molar-refractivity contribution < 1.29 is 19.5 Å². The molecule has 0 saturated carbocycles. The summed E-state index contributed by atoms with van der Waals surface area (Å²) in [5.74, 6) is -0.589. The molecule has 128 valence electrons. The van der Waals surface area contributed by atoms with E-state index in [1.165, 1.54) is 6.07 Å². The van der Waals surface area contributed by atoms with Gasteiger partial charge in [0.2, 0.25) is 5.78 Å². The fourth-order valence-corrected chi connectivity index (χ4v) is 4.23. The molecule has 1 aromatic carbocycles. The summed E-state index contributed by atoms with van der Waals surface area (Å²) in [6, 6.07) is 6.30. The number of nitrogens with one attached hydrogen (secondary N) is 1. The molecule has 0 spiro atoms. The average molecular weight is 334 g/mol. The predicted molar refractivity (Wildman–Crippen MR) is 84.3 cm³/mol. The number of nitro groups is 2. The topological polar surface area (TPSA) is 108 Å². The summed E-state index contributed by atoms with van der Waals surface area (Å²) in [5, 5.41) is 23.8. The van der Waals surface area contributed by atoms with E-state index in [0.29, 0.717) is 12.1 Å². The van der Waals surface area contributed by atoms with Crippen LogP contribution in [0, 0.1) is 20.2 Å². The number of benzene rings is 1. The largest absolute Gasteiger partial charge is 0.338 e. The van der Waals surface area contributed by atoms with Crippen molar-refractivity contribution in [3.05, 3.63) is 55.6 Å². The van der Waals surface area contributed by atoms with Crippen LogP contribution in [0.2, 0.25) is 0 Å². The van der Waals surface area contributed by atoms with Crippen LogP contribution in [-0.2, 0) is 5.54 Å². The molecule has 2 bridgehead atoms. The summed E-state index contributed by atoms with van der Waals surface area (Å²) in [6.45, 7) is 2.79. The Morgan fingerprint density at radius 3 is 2.38 bits per heavy atom. The second-order valence-electron chi connectivity index (χ2n) is 6.84. The molecule has 3 atom stereocenters. The second kappa shape index (κ2) is 5.62. The zero-order valence-electron chi connectivity index (χ0n) is 13.5. The third-order valence-electron chi connectivity index (χ3n) is 5.35. The molecule has 0 radical (unpaired) electrons. The molecule has 1 saturated heterocycles. The number of fused-ring (bicyclic) bond motifs is 4. The highest BCUT2D eigenvalue weighted by molar-refractivity contribution is 6.05. The number of hydrogen-bond acceptors (Lipinski definition) is 5. The SMILES string of the molecule is CCCC[NH+]1C[C@]2([N+](=O)[O-])C[C@]([N+](=O)[O-])(C1)c1ccccc1C2=O. The highest BCUT2D eigenvalue weighted by Gasteiger charge is 2.73. The molecule has 24 heavy (non-hydrogen) atoms. The first-order valence-electron chi connectivity index (χ1n) is 8.14. The molecule has 1 heterocycles. The van der Waals surface area contributed by atoms with Crippen molar-refractivity contribution in [3.8, 4) is 0 Å². The van der Waals surface area contributed by atoms with Crippen LogP contribution in [0.4, 0.5) is 0 Å². The van der Waals surface area contributed by atoms with E-state index in [9.17, 15) is 25.0 Å². The number of piperidine rings is 1. The van der Waals surface area contributed by atoms with Crippen LogP contribution in [0.3, 0.4) is 0 Å².